The molecule has 2 N–H and O–H groups in total. The molecule has 1 saturated carbocycles. The second kappa shape index (κ2) is 6.36. The van der Waals surface area contributed by atoms with Gasteiger partial charge in [0.1, 0.15) is 11.3 Å². The average molecular weight is 358 g/mol. The minimum Gasteiger partial charge on any atom is -0.434 e. The van der Waals surface area contributed by atoms with Gasteiger partial charge in [0.15, 0.2) is 17.2 Å². The van der Waals surface area contributed by atoms with Crippen molar-refractivity contribution in [3.05, 3.63) is 47.8 Å². The van der Waals surface area contributed by atoms with E-state index in [9.17, 15) is 13.6 Å². The van der Waals surface area contributed by atoms with Crippen LogP contribution in [0.5, 0.6) is 11.6 Å². The Balaban J connectivity index is 1.60. The number of halogens is 2. The molecule has 2 aromatic heterocycles. The smallest absolute Gasteiger partial charge is 0.255 e. The predicted octanol–water partition coefficient (Wildman–Crippen LogP) is 3.56. The van der Waals surface area contributed by atoms with Crippen LogP contribution in [0.2, 0.25) is 0 Å². The first-order valence-corrected chi connectivity index (χ1v) is 8.29. The minimum absolute atomic E-state index is 0.00639. The van der Waals surface area contributed by atoms with Crippen molar-refractivity contribution in [2.75, 3.05) is 0 Å². The Morgan fingerprint density at radius 2 is 2.19 bits per heavy atom. The van der Waals surface area contributed by atoms with Crippen molar-refractivity contribution in [3.8, 4) is 11.6 Å². The number of fused-ring (bicyclic) bond motifs is 1. The normalized spacial score (nSPS) is 15.0. The van der Waals surface area contributed by atoms with Crippen molar-refractivity contribution in [2.24, 2.45) is 5.92 Å². The standard InChI is InChI=1S/C18H16F2N4O2/c1-9(10-2-3-10)23-18(25)12-7-21-17-16(12)24-15(8-22-17)26-14-5-4-11(19)6-13(14)20/h4-10H,2-3H2,1H3,(H,21,22)(H,23,25). The molecule has 1 amide bonds. The van der Waals surface area contributed by atoms with Crippen LogP contribution in [0.1, 0.15) is 30.1 Å². The number of carbonyl (C=O) groups excluding carboxylic acids is 1. The number of aromatic nitrogens is 3. The molecule has 1 aliphatic carbocycles. The van der Waals surface area contributed by atoms with Gasteiger partial charge in [-0.3, -0.25) is 4.79 Å². The van der Waals surface area contributed by atoms with Crippen LogP contribution >= 0.6 is 0 Å². The third-order valence-corrected chi connectivity index (χ3v) is 4.40. The summed E-state index contributed by atoms with van der Waals surface area (Å²) in [5.41, 5.74) is 1.08. The second-order valence-corrected chi connectivity index (χ2v) is 6.38. The zero-order chi connectivity index (χ0) is 18.3. The molecule has 1 unspecified atom stereocenters. The molecular formula is C18H16F2N4O2. The van der Waals surface area contributed by atoms with E-state index in [0.717, 1.165) is 25.0 Å². The van der Waals surface area contributed by atoms with Crippen molar-refractivity contribution in [1.29, 1.82) is 0 Å². The number of benzene rings is 1. The SMILES string of the molecule is CC(NC(=O)c1c[nH]c2ncc(Oc3ccc(F)cc3F)nc12)C1CC1. The Kier molecular flexibility index (Phi) is 4.02. The van der Waals surface area contributed by atoms with E-state index in [2.05, 4.69) is 20.3 Å². The third kappa shape index (κ3) is 3.22. The molecule has 1 aromatic carbocycles. The summed E-state index contributed by atoms with van der Waals surface area (Å²) in [6, 6.07) is 3.06. The van der Waals surface area contributed by atoms with E-state index in [1.54, 1.807) is 0 Å². The molecule has 3 aromatic rings. The van der Waals surface area contributed by atoms with Crippen LogP contribution in [0.15, 0.2) is 30.6 Å². The van der Waals surface area contributed by atoms with Crippen LogP contribution in [0.4, 0.5) is 8.78 Å². The highest BCUT2D eigenvalue weighted by molar-refractivity contribution is 6.04. The van der Waals surface area contributed by atoms with Crippen molar-refractivity contribution in [1.82, 2.24) is 20.3 Å². The van der Waals surface area contributed by atoms with Gasteiger partial charge in [-0.1, -0.05) is 0 Å². The monoisotopic (exact) mass is 358 g/mol. The van der Waals surface area contributed by atoms with Gasteiger partial charge in [0.05, 0.1) is 11.8 Å². The van der Waals surface area contributed by atoms with Crippen LogP contribution in [-0.4, -0.2) is 26.9 Å². The highest BCUT2D eigenvalue weighted by Gasteiger charge is 2.29. The first-order chi connectivity index (χ1) is 12.5. The lowest BCUT2D eigenvalue weighted by molar-refractivity contribution is 0.0937. The number of H-pyrrole nitrogens is 1. The molecule has 1 fully saturated rings. The summed E-state index contributed by atoms with van der Waals surface area (Å²) >= 11 is 0. The van der Waals surface area contributed by atoms with Gasteiger partial charge < -0.3 is 15.0 Å². The zero-order valence-electron chi connectivity index (χ0n) is 13.9. The Hall–Kier alpha value is -3.03. The number of nitrogens with zero attached hydrogens (tertiary/aromatic N) is 2. The van der Waals surface area contributed by atoms with E-state index in [1.165, 1.54) is 18.5 Å². The van der Waals surface area contributed by atoms with E-state index >= 15 is 0 Å². The first kappa shape index (κ1) is 16.4. The fraction of sp³-hybridized carbons (Fsp3) is 0.278. The molecule has 0 saturated heterocycles. The molecule has 0 spiro atoms. The van der Waals surface area contributed by atoms with Gasteiger partial charge in [0.25, 0.3) is 5.91 Å². The summed E-state index contributed by atoms with van der Waals surface area (Å²) in [5, 5.41) is 2.95. The van der Waals surface area contributed by atoms with Gasteiger partial charge in [-0.25, -0.2) is 18.7 Å². The molecule has 26 heavy (non-hydrogen) atoms. The summed E-state index contributed by atoms with van der Waals surface area (Å²) in [6.45, 7) is 1.97. The number of carbonyl (C=O) groups is 1. The minimum atomic E-state index is -0.850. The van der Waals surface area contributed by atoms with Crippen LogP contribution in [0, 0.1) is 17.6 Å². The predicted molar refractivity (Wildman–Crippen MR) is 90.0 cm³/mol. The highest BCUT2D eigenvalue weighted by atomic mass is 19.1. The fourth-order valence-corrected chi connectivity index (χ4v) is 2.77. The molecular weight excluding hydrogens is 342 g/mol. The van der Waals surface area contributed by atoms with E-state index in [4.69, 9.17) is 4.74 Å². The van der Waals surface area contributed by atoms with Gasteiger partial charge in [-0.15, -0.1) is 0 Å². The van der Waals surface area contributed by atoms with E-state index in [1.807, 2.05) is 6.92 Å². The van der Waals surface area contributed by atoms with E-state index in [0.29, 0.717) is 22.6 Å². The summed E-state index contributed by atoms with van der Waals surface area (Å²) < 4.78 is 32.1. The Bertz CT molecular complexity index is 984. The lowest BCUT2D eigenvalue weighted by Gasteiger charge is -2.12. The average Bonchev–Trinajstić information content (AvgIpc) is 3.37. The lowest BCUT2D eigenvalue weighted by Crippen LogP contribution is -2.33. The van der Waals surface area contributed by atoms with Gasteiger partial charge >= 0.3 is 0 Å². The zero-order valence-corrected chi connectivity index (χ0v) is 13.9. The van der Waals surface area contributed by atoms with E-state index < -0.39 is 11.6 Å². The van der Waals surface area contributed by atoms with Crippen molar-refractivity contribution in [2.45, 2.75) is 25.8 Å². The van der Waals surface area contributed by atoms with Crippen molar-refractivity contribution < 1.29 is 18.3 Å². The van der Waals surface area contributed by atoms with Gasteiger partial charge in [-0.05, 0) is 37.8 Å². The molecule has 8 heteroatoms. The Labute approximate surface area is 147 Å². The number of aromatic amines is 1. The largest absolute Gasteiger partial charge is 0.434 e. The molecule has 134 valence electrons. The number of ether oxygens (including phenoxy) is 1. The van der Waals surface area contributed by atoms with Crippen LogP contribution in [0.3, 0.4) is 0 Å². The van der Waals surface area contributed by atoms with E-state index in [-0.39, 0.29) is 23.6 Å². The summed E-state index contributed by atoms with van der Waals surface area (Å²) in [7, 11) is 0. The first-order valence-electron chi connectivity index (χ1n) is 8.29. The van der Waals surface area contributed by atoms with Crippen molar-refractivity contribution in [3.63, 3.8) is 0 Å². The number of hydrogen-bond acceptors (Lipinski definition) is 4. The molecule has 1 aliphatic rings. The Morgan fingerprint density at radius 1 is 1.38 bits per heavy atom. The maximum atomic E-state index is 13.7. The van der Waals surface area contributed by atoms with Crippen LogP contribution in [0.25, 0.3) is 11.2 Å². The van der Waals surface area contributed by atoms with Gasteiger partial charge in [0, 0.05) is 18.3 Å². The van der Waals surface area contributed by atoms with Crippen LogP contribution < -0.4 is 10.1 Å². The Morgan fingerprint density at radius 3 is 2.92 bits per heavy atom. The quantitative estimate of drug-likeness (QED) is 0.731. The second-order valence-electron chi connectivity index (χ2n) is 6.38. The summed E-state index contributed by atoms with van der Waals surface area (Å²) in [5.74, 6) is -1.45. The third-order valence-electron chi connectivity index (χ3n) is 4.40. The number of nitrogens with one attached hydrogen (secondary N) is 2. The molecule has 1 atom stereocenters. The molecule has 0 bridgehead atoms. The number of amides is 1. The maximum Gasteiger partial charge on any atom is 0.255 e. The topological polar surface area (TPSA) is 79.9 Å². The number of hydrogen-bond donors (Lipinski definition) is 2. The molecule has 6 nitrogen and oxygen atoms in total. The maximum absolute atomic E-state index is 13.7. The van der Waals surface area contributed by atoms with Gasteiger partial charge in [-0.2, -0.15) is 0 Å². The molecule has 2 heterocycles. The summed E-state index contributed by atoms with van der Waals surface area (Å²) in [4.78, 5) is 23.7. The van der Waals surface area contributed by atoms with Gasteiger partial charge in [0.2, 0.25) is 5.88 Å². The van der Waals surface area contributed by atoms with Crippen LogP contribution in [-0.2, 0) is 0 Å². The number of rotatable bonds is 5. The lowest BCUT2D eigenvalue weighted by atomic mass is 10.2. The van der Waals surface area contributed by atoms with Crippen molar-refractivity contribution >= 4 is 17.1 Å². The fourth-order valence-electron chi connectivity index (χ4n) is 2.77. The molecule has 0 radical (unpaired) electrons. The molecule has 0 aliphatic heterocycles. The molecule has 4 rings (SSSR count). The summed E-state index contributed by atoms with van der Waals surface area (Å²) in [6.07, 6.45) is 5.07. The highest BCUT2D eigenvalue weighted by Crippen LogP contribution is 2.32.